The molecule has 0 bridgehead atoms. The summed E-state index contributed by atoms with van der Waals surface area (Å²) in [5.41, 5.74) is 2.96. The Bertz CT molecular complexity index is 903. The molecule has 1 fully saturated rings. The molecular weight excluding hydrogens is 324 g/mol. The van der Waals surface area contributed by atoms with Gasteiger partial charge in [-0.05, 0) is 43.5 Å². The molecule has 3 aromatic rings. The number of para-hydroxylation sites is 1. The number of likely N-dealkylation sites (tertiary alicyclic amines) is 1. The number of carbonyl (C=O) groups is 1. The Morgan fingerprint density at radius 3 is 2.81 bits per heavy atom. The van der Waals surface area contributed by atoms with Gasteiger partial charge in [0.2, 0.25) is 0 Å². The minimum atomic E-state index is 0.126. The van der Waals surface area contributed by atoms with Crippen molar-refractivity contribution < 1.29 is 4.79 Å². The topological polar surface area (TPSA) is 51.0 Å². The van der Waals surface area contributed by atoms with Crippen molar-refractivity contribution in [3.8, 4) is 5.69 Å². The zero-order valence-electron chi connectivity index (χ0n) is 14.9. The number of rotatable bonds is 4. The third kappa shape index (κ3) is 3.38. The lowest BCUT2D eigenvalue weighted by atomic mass is 10.0. The molecule has 0 N–H and O–H groups in total. The number of amides is 1. The fourth-order valence-corrected chi connectivity index (χ4v) is 3.60. The summed E-state index contributed by atoms with van der Waals surface area (Å²) in [5.74, 6) is 1.49. The third-order valence-electron chi connectivity index (χ3n) is 4.96. The van der Waals surface area contributed by atoms with Crippen molar-refractivity contribution in [2.45, 2.75) is 19.8 Å². The largest absolute Gasteiger partial charge is 0.338 e. The van der Waals surface area contributed by atoms with Gasteiger partial charge in [-0.2, -0.15) is 0 Å². The number of hydrogen-bond acceptors (Lipinski definition) is 3. The molecule has 0 saturated carbocycles. The molecule has 0 spiro atoms. The van der Waals surface area contributed by atoms with Gasteiger partial charge in [-0.1, -0.05) is 35.9 Å². The van der Waals surface area contributed by atoms with E-state index in [-0.39, 0.29) is 5.91 Å². The SMILES string of the molecule is Cc1cccc(C(=O)N2CCC(Cc3nncn3-c3ccccc3)C2)c1. The third-order valence-corrected chi connectivity index (χ3v) is 4.96. The van der Waals surface area contributed by atoms with Crippen molar-refractivity contribution in [3.05, 3.63) is 77.9 Å². The van der Waals surface area contributed by atoms with Gasteiger partial charge in [0.25, 0.3) is 5.91 Å². The molecule has 1 unspecified atom stereocenters. The number of benzene rings is 2. The molecule has 5 heteroatoms. The summed E-state index contributed by atoms with van der Waals surface area (Å²) in [4.78, 5) is 14.7. The van der Waals surface area contributed by atoms with E-state index in [0.29, 0.717) is 5.92 Å². The molecule has 2 heterocycles. The van der Waals surface area contributed by atoms with Crippen molar-refractivity contribution in [1.29, 1.82) is 0 Å². The Morgan fingerprint density at radius 2 is 2.00 bits per heavy atom. The van der Waals surface area contributed by atoms with Gasteiger partial charge >= 0.3 is 0 Å². The van der Waals surface area contributed by atoms with E-state index >= 15 is 0 Å². The second kappa shape index (κ2) is 7.12. The molecule has 0 radical (unpaired) electrons. The Kier molecular flexibility index (Phi) is 4.52. The van der Waals surface area contributed by atoms with Crippen molar-refractivity contribution in [2.75, 3.05) is 13.1 Å². The number of aromatic nitrogens is 3. The molecule has 26 heavy (non-hydrogen) atoms. The van der Waals surface area contributed by atoms with Crippen LogP contribution in [0.2, 0.25) is 0 Å². The van der Waals surface area contributed by atoms with E-state index in [2.05, 4.69) is 22.3 Å². The Hall–Kier alpha value is -2.95. The molecule has 5 nitrogen and oxygen atoms in total. The van der Waals surface area contributed by atoms with Crippen molar-refractivity contribution in [2.24, 2.45) is 5.92 Å². The molecule has 1 aliphatic rings. The van der Waals surface area contributed by atoms with Crippen LogP contribution in [-0.2, 0) is 6.42 Å². The van der Waals surface area contributed by atoms with Crippen LogP contribution in [-0.4, -0.2) is 38.7 Å². The first-order valence-corrected chi connectivity index (χ1v) is 9.01. The lowest BCUT2D eigenvalue weighted by Gasteiger charge is -2.17. The average molecular weight is 346 g/mol. The summed E-state index contributed by atoms with van der Waals surface area (Å²) in [6.07, 6.45) is 3.58. The minimum absolute atomic E-state index is 0.126. The second-order valence-electron chi connectivity index (χ2n) is 6.93. The van der Waals surface area contributed by atoms with E-state index in [9.17, 15) is 4.79 Å². The Balaban J connectivity index is 1.44. The molecule has 132 valence electrons. The highest BCUT2D eigenvalue weighted by Crippen LogP contribution is 2.23. The van der Waals surface area contributed by atoms with Crippen LogP contribution in [0, 0.1) is 12.8 Å². The molecule has 1 atom stereocenters. The van der Waals surface area contributed by atoms with Crippen LogP contribution >= 0.6 is 0 Å². The fourth-order valence-electron chi connectivity index (χ4n) is 3.60. The van der Waals surface area contributed by atoms with Crippen LogP contribution in [0.3, 0.4) is 0 Å². The number of aryl methyl sites for hydroxylation is 1. The van der Waals surface area contributed by atoms with Crippen LogP contribution in [0.15, 0.2) is 60.9 Å². The first kappa shape index (κ1) is 16.5. The number of carbonyl (C=O) groups excluding carboxylic acids is 1. The summed E-state index contributed by atoms with van der Waals surface area (Å²) >= 11 is 0. The van der Waals surface area contributed by atoms with Gasteiger partial charge < -0.3 is 4.90 Å². The van der Waals surface area contributed by atoms with Crippen molar-refractivity contribution in [1.82, 2.24) is 19.7 Å². The van der Waals surface area contributed by atoms with E-state index in [4.69, 9.17) is 0 Å². The van der Waals surface area contributed by atoms with E-state index < -0.39 is 0 Å². The van der Waals surface area contributed by atoms with Crippen LogP contribution in [0.5, 0.6) is 0 Å². The highest BCUT2D eigenvalue weighted by atomic mass is 16.2. The minimum Gasteiger partial charge on any atom is -0.338 e. The second-order valence-corrected chi connectivity index (χ2v) is 6.93. The van der Waals surface area contributed by atoms with Gasteiger partial charge in [0.1, 0.15) is 12.2 Å². The van der Waals surface area contributed by atoms with Gasteiger partial charge in [0, 0.05) is 30.8 Å². The summed E-state index contributed by atoms with van der Waals surface area (Å²) in [6, 6.07) is 17.9. The standard InChI is InChI=1S/C21H22N4O/c1-16-6-5-7-18(12-16)21(26)24-11-10-17(14-24)13-20-23-22-15-25(20)19-8-3-2-4-9-19/h2-9,12,15,17H,10-11,13-14H2,1H3. The highest BCUT2D eigenvalue weighted by Gasteiger charge is 2.28. The van der Waals surface area contributed by atoms with E-state index in [1.165, 1.54) is 0 Å². The predicted molar refractivity (Wildman–Crippen MR) is 100 cm³/mol. The normalized spacial score (nSPS) is 16.8. The maximum atomic E-state index is 12.7. The van der Waals surface area contributed by atoms with E-state index in [1.807, 2.05) is 58.9 Å². The van der Waals surface area contributed by atoms with Gasteiger partial charge in [-0.25, -0.2) is 0 Å². The quantitative estimate of drug-likeness (QED) is 0.728. The van der Waals surface area contributed by atoms with E-state index in [0.717, 1.165) is 48.6 Å². The zero-order chi connectivity index (χ0) is 17.9. The fraction of sp³-hybridized carbons (Fsp3) is 0.286. The van der Waals surface area contributed by atoms with Crippen LogP contribution in [0.25, 0.3) is 5.69 Å². The summed E-state index contributed by atoms with van der Waals surface area (Å²) < 4.78 is 2.03. The molecule has 2 aromatic carbocycles. The number of hydrogen-bond donors (Lipinski definition) is 0. The van der Waals surface area contributed by atoms with Crippen molar-refractivity contribution >= 4 is 5.91 Å². The first-order valence-electron chi connectivity index (χ1n) is 9.01. The Labute approximate surface area is 153 Å². The predicted octanol–water partition coefficient (Wildman–Crippen LogP) is 3.28. The van der Waals surface area contributed by atoms with Gasteiger partial charge in [0.05, 0.1) is 0 Å². The van der Waals surface area contributed by atoms with Crippen LogP contribution in [0.4, 0.5) is 0 Å². The molecule has 1 saturated heterocycles. The monoisotopic (exact) mass is 346 g/mol. The lowest BCUT2D eigenvalue weighted by Crippen LogP contribution is -2.29. The smallest absolute Gasteiger partial charge is 0.253 e. The van der Waals surface area contributed by atoms with Gasteiger partial charge in [-0.3, -0.25) is 9.36 Å². The van der Waals surface area contributed by atoms with Gasteiger partial charge in [0.15, 0.2) is 0 Å². The highest BCUT2D eigenvalue weighted by molar-refractivity contribution is 5.94. The maximum Gasteiger partial charge on any atom is 0.253 e. The zero-order valence-corrected chi connectivity index (χ0v) is 14.9. The molecule has 0 aliphatic carbocycles. The average Bonchev–Trinajstić information content (AvgIpc) is 3.32. The molecule has 1 amide bonds. The molecule has 4 rings (SSSR count). The van der Waals surface area contributed by atoms with E-state index in [1.54, 1.807) is 6.33 Å². The van der Waals surface area contributed by atoms with Crippen LogP contribution < -0.4 is 0 Å². The molecule has 1 aliphatic heterocycles. The number of nitrogens with zero attached hydrogens (tertiary/aromatic N) is 4. The summed E-state index contributed by atoms with van der Waals surface area (Å²) in [6.45, 7) is 3.59. The summed E-state index contributed by atoms with van der Waals surface area (Å²) in [7, 11) is 0. The maximum absolute atomic E-state index is 12.7. The van der Waals surface area contributed by atoms with Gasteiger partial charge in [-0.15, -0.1) is 10.2 Å². The van der Waals surface area contributed by atoms with Crippen LogP contribution in [0.1, 0.15) is 28.2 Å². The lowest BCUT2D eigenvalue weighted by molar-refractivity contribution is 0.0787. The van der Waals surface area contributed by atoms with Crippen molar-refractivity contribution in [3.63, 3.8) is 0 Å². The summed E-state index contributed by atoms with van der Waals surface area (Å²) in [5, 5.41) is 8.39. The Morgan fingerprint density at radius 1 is 1.15 bits per heavy atom. The molecular formula is C21H22N4O. The first-order chi connectivity index (χ1) is 12.7. The molecule has 1 aromatic heterocycles.